The van der Waals surface area contributed by atoms with Gasteiger partial charge in [0.1, 0.15) is 25.0 Å². The van der Waals surface area contributed by atoms with Gasteiger partial charge in [0.05, 0.1) is 7.05 Å². The summed E-state index contributed by atoms with van der Waals surface area (Å²) in [5, 5.41) is 10.5. The van der Waals surface area contributed by atoms with Crippen molar-refractivity contribution in [3.63, 3.8) is 0 Å². The molecule has 3 rings (SSSR count). The molecule has 0 aliphatic heterocycles. The number of aliphatic hydroxyl groups is 1. The first kappa shape index (κ1) is 16.5. The number of aromatic nitrogens is 2. The molecule has 0 bridgehead atoms. The van der Waals surface area contributed by atoms with Crippen molar-refractivity contribution in [3.05, 3.63) is 59.9 Å². The van der Waals surface area contributed by atoms with Gasteiger partial charge in [0.25, 0.3) is 5.82 Å². The lowest BCUT2D eigenvalue weighted by Gasteiger charge is -2.12. The summed E-state index contributed by atoms with van der Waals surface area (Å²) in [6.07, 6.45) is 0.351. The van der Waals surface area contributed by atoms with Crippen LogP contribution in [-0.4, -0.2) is 22.4 Å². The Morgan fingerprint density at radius 1 is 1.12 bits per heavy atom. The van der Waals surface area contributed by atoms with Crippen LogP contribution in [0.25, 0.3) is 11.0 Å². The lowest BCUT2D eigenvalue weighted by molar-refractivity contribution is -0.653. The summed E-state index contributed by atoms with van der Waals surface area (Å²) in [5.74, 6) is 1.99. The van der Waals surface area contributed by atoms with Crippen molar-refractivity contribution in [2.75, 3.05) is 6.61 Å². The van der Waals surface area contributed by atoms with E-state index in [4.69, 9.17) is 4.74 Å². The zero-order valence-corrected chi connectivity index (χ0v) is 14.6. The zero-order chi connectivity index (χ0) is 17.1. The number of ether oxygens (including phenoxy) is 1. The highest BCUT2D eigenvalue weighted by Crippen LogP contribution is 2.16. The van der Waals surface area contributed by atoms with E-state index in [1.807, 2.05) is 43.3 Å². The largest absolute Gasteiger partial charge is 0.491 e. The van der Waals surface area contributed by atoms with Gasteiger partial charge in [0.2, 0.25) is 0 Å². The van der Waals surface area contributed by atoms with Crippen LogP contribution in [0.1, 0.15) is 18.3 Å². The fourth-order valence-electron chi connectivity index (χ4n) is 3.16. The van der Waals surface area contributed by atoms with Crippen molar-refractivity contribution in [3.8, 4) is 5.75 Å². The minimum atomic E-state index is -0.563. The molecule has 2 aromatic carbocycles. The van der Waals surface area contributed by atoms with Gasteiger partial charge >= 0.3 is 0 Å². The monoisotopic (exact) mass is 325 g/mol. The Kier molecular flexibility index (Phi) is 4.86. The lowest BCUT2D eigenvalue weighted by atomic mass is 10.2. The number of aryl methyl sites for hydroxylation is 2. The van der Waals surface area contributed by atoms with Crippen molar-refractivity contribution in [1.82, 2.24) is 4.57 Å². The molecular weight excluding hydrogens is 300 g/mol. The van der Waals surface area contributed by atoms with Crippen molar-refractivity contribution in [1.29, 1.82) is 0 Å². The molecule has 0 aliphatic rings. The summed E-state index contributed by atoms with van der Waals surface area (Å²) in [6.45, 7) is 4.99. The van der Waals surface area contributed by atoms with Crippen molar-refractivity contribution >= 4 is 11.0 Å². The Bertz CT molecular complexity index is 822. The molecule has 0 unspecified atom stereocenters. The quantitative estimate of drug-likeness (QED) is 0.708. The van der Waals surface area contributed by atoms with E-state index in [9.17, 15) is 5.11 Å². The third-order valence-electron chi connectivity index (χ3n) is 4.41. The Labute approximate surface area is 142 Å². The lowest BCUT2D eigenvalue weighted by Crippen LogP contribution is -2.34. The van der Waals surface area contributed by atoms with Crippen LogP contribution in [0, 0.1) is 6.92 Å². The van der Waals surface area contributed by atoms with Gasteiger partial charge in [-0.25, -0.2) is 9.13 Å². The highest BCUT2D eigenvalue weighted by molar-refractivity contribution is 5.72. The molecule has 0 radical (unpaired) electrons. The maximum absolute atomic E-state index is 10.5. The first-order valence-corrected chi connectivity index (χ1v) is 8.43. The third kappa shape index (κ3) is 3.29. The number of para-hydroxylation sites is 2. The van der Waals surface area contributed by atoms with E-state index in [0.717, 1.165) is 17.7 Å². The predicted octanol–water partition coefficient (Wildman–Crippen LogP) is 2.78. The normalized spacial score (nSPS) is 12.5. The van der Waals surface area contributed by atoms with E-state index in [-0.39, 0.29) is 6.61 Å². The number of rotatable bonds is 6. The van der Waals surface area contributed by atoms with Gasteiger partial charge in [-0.1, -0.05) is 36.8 Å². The molecule has 1 heterocycles. The molecule has 0 aliphatic carbocycles. The Balaban J connectivity index is 1.75. The molecule has 0 saturated carbocycles. The average Bonchev–Trinajstić information content (AvgIpc) is 2.86. The molecule has 126 valence electrons. The molecule has 3 aromatic rings. The molecule has 1 atom stereocenters. The summed E-state index contributed by atoms with van der Waals surface area (Å²) in [5.41, 5.74) is 3.52. The maximum Gasteiger partial charge on any atom is 0.256 e. The Morgan fingerprint density at radius 3 is 2.54 bits per heavy atom. The molecule has 24 heavy (non-hydrogen) atoms. The molecule has 0 spiro atoms. The number of aliphatic hydroxyl groups excluding tert-OH is 1. The van der Waals surface area contributed by atoms with E-state index >= 15 is 0 Å². The molecule has 0 saturated heterocycles. The van der Waals surface area contributed by atoms with Crippen LogP contribution >= 0.6 is 0 Å². The van der Waals surface area contributed by atoms with Crippen LogP contribution in [-0.2, 0) is 20.0 Å². The van der Waals surface area contributed by atoms with Crippen LogP contribution < -0.4 is 9.30 Å². The van der Waals surface area contributed by atoms with E-state index in [1.54, 1.807) is 0 Å². The summed E-state index contributed by atoms with van der Waals surface area (Å²) in [7, 11) is 2.08. The maximum atomic E-state index is 10.5. The molecule has 1 N–H and O–H groups in total. The minimum absolute atomic E-state index is 0.280. The van der Waals surface area contributed by atoms with E-state index in [2.05, 4.69) is 35.2 Å². The van der Waals surface area contributed by atoms with Gasteiger partial charge in [-0.15, -0.1) is 0 Å². The SMILES string of the molecule is CCc1n(C[C@H](O)COc2ccc(C)cc2)c2ccccc2[n+]1C. The second-order valence-corrected chi connectivity index (χ2v) is 6.21. The van der Waals surface area contributed by atoms with Crippen molar-refractivity contribution in [2.45, 2.75) is 32.9 Å². The van der Waals surface area contributed by atoms with Crippen LogP contribution in [0.4, 0.5) is 0 Å². The van der Waals surface area contributed by atoms with Gasteiger partial charge in [-0.2, -0.15) is 0 Å². The molecule has 0 amide bonds. The molecule has 4 nitrogen and oxygen atoms in total. The number of fused-ring (bicyclic) bond motifs is 1. The fraction of sp³-hybridized carbons (Fsp3) is 0.350. The van der Waals surface area contributed by atoms with Crippen LogP contribution in [0.3, 0.4) is 0 Å². The number of hydrogen-bond acceptors (Lipinski definition) is 2. The third-order valence-corrected chi connectivity index (χ3v) is 4.41. The highest BCUT2D eigenvalue weighted by atomic mass is 16.5. The predicted molar refractivity (Wildman–Crippen MR) is 95.2 cm³/mol. The first-order valence-electron chi connectivity index (χ1n) is 8.43. The Hall–Kier alpha value is -2.33. The average molecular weight is 325 g/mol. The number of benzene rings is 2. The number of hydrogen-bond donors (Lipinski definition) is 1. The van der Waals surface area contributed by atoms with Gasteiger partial charge in [-0.05, 0) is 31.2 Å². The van der Waals surface area contributed by atoms with Gasteiger partial charge in [0, 0.05) is 6.42 Å². The smallest absolute Gasteiger partial charge is 0.256 e. The second-order valence-electron chi connectivity index (χ2n) is 6.21. The van der Waals surface area contributed by atoms with Crippen LogP contribution in [0.5, 0.6) is 5.75 Å². The summed E-state index contributed by atoms with van der Waals surface area (Å²) < 4.78 is 10.1. The first-order chi connectivity index (χ1) is 11.6. The fourth-order valence-corrected chi connectivity index (χ4v) is 3.16. The summed E-state index contributed by atoms with van der Waals surface area (Å²) in [6, 6.07) is 16.2. The molecular formula is C20H25N2O2+. The van der Waals surface area contributed by atoms with Gasteiger partial charge in [0.15, 0.2) is 11.0 Å². The highest BCUT2D eigenvalue weighted by Gasteiger charge is 2.23. The van der Waals surface area contributed by atoms with Crippen LogP contribution in [0.2, 0.25) is 0 Å². The molecule has 4 heteroatoms. The van der Waals surface area contributed by atoms with Crippen molar-refractivity contribution in [2.24, 2.45) is 7.05 Å². The number of nitrogens with zero attached hydrogens (tertiary/aromatic N) is 2. The summed E-state index contributed by atoms with van der Waals surface area (Å²) >= 11 is 0. The van der Waals surface area contributed by atoms with E-state index in [1.165, 1.54) is 16.9 Å². The van der Waals surface area contributed by atoms with Crippen molar-refractivity contribution < 1.29 is 14.4 Å². The summed E-state index contributed by atoms with van der Waals surface area (Å²) in [4.78, 5) is 0. The number of imidazole rings is 1. The second kappa shape index (κ2) is 7.05. The van der Waals surface area contributed by atoms with E-state index < -0.39 is 6.10 Å². The molecule has 0 fully saturated rings. The topological polar surface area (TPSA) is 38.3 Å². The molecule has 1 aromatic heterocycles. The zero-order valence-electron chi connectivity index (χ0n) is 14.6. The van der Waals surface area contributed by atoms with Crippen LogP contribution in [0.15, 0.2) is 48.5 Å². The Morgan fingerprint density at radius 2 is 1.83 bits per heavy atom. The minimum Gasteiger partial charge on any atom is -0.491 e. The van der Waals surface area contributed by atoms with Gasteiger partial charge < -0.3 is 9.84 Å². The standard InChI is InChI=1S/C20H25N2O2/c1-4-20-21(3)18-7-5-6-8-19(18)22(20)13-16(23)14-24-17-11-9-15(2)10-12-17/h5-12,16,23H,4,13-14H2,1-3H3/q+1/t16-/m0/s1. The van der Waals surface area contributed by atoms with Gasteiger partial charge in [-0.3, -0.25) is 0 Å². The van der Waals surface area contributed by atoms with E-state index in [0.29, 0.717) is 6.54 Å².